The predicted octanol–water partition coefficient (Wildman–Crippen LogP) is 2.55. The van der Waals surface area contributed by atoms with Crippen LogP contribution in [0, 0.1) is 6.92 Å². The number of amides is 1. The summed E-state index contributed by atoms with van der Waals surface area (Å²) in [5.41, 5.74) is 9.13. The van der Waals surface area contributed by atoms with Gasteiger partial charge in [-0.25, -0.2) is 0 Å². The fourth-order valence-electron chi connectivity index (χ4n) is 2.12. The van der Waals surface area contributed by atoms with E-state index in [9.17, 15) is 4.79 Å². The topological polar surface area (TPSA) is 77.2 Å². The lowest BCUT2D eigenvalue weighted by atomic mass is 10.1. The number of methoxy groups -OCH3 is 1. The molecule has 1 amide bonds. The Labute approximate surface area is 129 Å². The van der Waals surface area contributed by atoms with Crippen LogP contribution in [0.1, 0.15) is 27.2 Å². The van der Waals surface area contributed by atoms with Crippen molar-refractivity contribution in [3.05, 3.63) is 59.4 Å². The van der Waals surface area contributed by atoms with E-state index in [1.165, 1.54) is 12.3 Å². The van der Waals surface area contributed by atoms with Crippen LogP contribution in [0.5, 0.6) is 5.75 Å². The molecule has 0 aliphatic rings. The van der Waals surface area contributed by atoms with Crippen LogP contribution in [0.15, 0.2) is 37.0 Å². The van der Waals surface area contributed by atoms with E-state index in [1.54, 1.807) is 13.2 Å². The number of rotatable bonds is 5. The van der Waals surface area contributed by atoms with Crippen molar-refractivity contribution in [1.29, 1.82) is 0 Å². The smallest absolute Gasteiger partial charge is 0.253 e. The number of pyridine rings is 1. The first-order valence-electron chi connectivity index (χ1n) is 6.85. The largest absolute Gasteiger partial charge is 0.496 e. The zero-order chi connectivity index (χ0) is 16.1. The van der Waals surface area contributed by atoms with Gasteiger partial charge in [0.05, 0.1) is 24.1 Å². The van der Waals surface area contributed by atoms with Crippen LogP contribution in [0.3, 0.4) is 0 Å². The molecule has 0 aliphatic heterocycles. The minimum absolute atomic E-state index is 0.259. The Kier molecular flexibility index (Phi) is 4.78. The van der Waals surface area contributed by atoms with Crippen molar-refractivity contribution in [3.63, 3.8) is 0 Å². The third-order valence-corrected chi connectivity index (χ3v) is 3.34. The Morgan fingerprint density at radius 1 is 1.45 bits per heavy atom. The van der Waals surface area contributed by atoms with Crippen LogP contribution in [0.2, 0.25) is 0 Å². The number of anilines is 1. The van der Waals surface area contributed by atoms with E-state index in [2.05, 4.69) is 16.9 Å². The van der Waals surface area contributed by atoms with Gasteiger partial charge < -0.3 is 15.8 Å². The van der Waals surface area contributed by atoms with Gasteiger partial charge in [0.25, 0.3) is 5.91 Å². The quantitative estimate of drug-likeness (QED) is 0.889. The number of hydrogen-bond donors (Lipinski definition) is 2. The number of aryl methyl sites for hydroxylation is 1. The first-order chi connectivity index (χ1) is 10.6. The molecule has 0 spiro atoms. The highest BCUT2D eigenvalue weighted by Gasteiger charge is 2.13. The fourth-order valence-corrected chi connectivity index (χ4v) is 2.12. The monoisotopic (exact) mass is 297 g/mol. The number of aromatic nitrogens is 1. The second kappa shape index (κ2) is 6.76. The molecular formula is C17H19N3O2. The third-order valence-electron chi connectivity index (χ3n) is 3.34. The lowest BCUT2D eigenvalue weighted by Gasteiger charge is -2.12. The molecule has 2 rings (SSSR count). The molecule has 0 saturated heterocycles. The molecule has 3 N–H and O–H groups in total. The molecule has 2 aromatic rings. The summed E-state index contributed by atoms with van der Waals surface area (Å²) in [6.07, 6.45) is 3.06. The average Bonchev–Trinajstić information content (AvgIpc) is 2.53. The summed E-state index contributed by atoms with van der Waals surface area (Å²) in [4.78, 5) is 16.3. The molecule has 22 heavy (non-hydrogen) atoms. The normalized spacial score (nSPS) is 10.1. The van der Waals surface area contributed by atoms with Gasteiger partial charge in [0, 0.05) is 18.3 Å². The number of carbonyl (C=O) groups is 1. The van der Waals surface area contributed by atoms with Crippen molar-refractivity contribution in [2.24, 2.45) is 0 Å². The van der Waals surface area contributed by atoms with Crippen molar-refractivity contribution >= 4 is 17.7 Å². The molecule has 0 radical (unpaired) electrons. The van der Waals surface area contributed by atoms with Crippen LogP contribution in [-0.2, 0) is 6.54 Å². The summed E-state index contributed by atoms with van der Waals surface area (Å²) in [5.74, 6) is 0.486. The van der Waals surface area contributed by atoms with Crippen molar-refractivity contribution in [3.8, 4) is 5.75 Å². The Morgan fingerprint density at radius 2 is 2.23 bits per heavy atom. The molecule has 1 aromatic carbocycles. The van der Waals surface area contributed by atoms with Gasteiger partial charge in [-0.05, 0) is 30.7 Å². The molecule has 5 heteroatoms. The Bertz CT molecular complexity index is 711. The van der Waals surface area contributed by atoms with Crippen molar-refractivity contribution < 1.29 is 9.53 Å². The van der Waals surface area contributed by atoms with Gasteiger partial charge in [0.2, 0.25) is 0 Å². The van der Waals surface area contributed by atoms with Gasteiger partial charge in [-0.2, -0.15) is 0 Å². The summed E-state index contributed by atoms with van der Waals surface area (Å²) < 4.78 is 5.33. The maximum atomic E-state index is 12.3. The van der Waals surface area contributed by atoms with Crippen molar-refractivity contribution in [1.82, 2.24) is 10.3 Å². The number of hydrogen-bond acceptors (Lipinski definition) is 4. The van der Waals surface area contributed by atoms with Crippen molar-refractivity contribution in [2.75, 3.05) is 12.8 Å². The van der Waals surface area contributed by atoms with Crippen LogP contribution in [-0.4, -0.2) is 18.0 Å². The van der Waals surface area contributed by atoms with E-state index in [0.29, 0.717) is 23.5 Å². The summed E-state index contributed by atoms with van der Waals surface area (Å²) in [6.45, 7) is 5.97. The number of nitrogens with two attached hydrogens (primary N) is 1. The highest BCUT2D eigenvalue weighted by atomic mass is 16.5. The third kappa shape index (κ3) is 3.25. The molecule has 0 bridgehead atoms. The van der Waals surface area contributed by atoms with Crippen LogP contribution >= 0.6 is 0 Å². The first-order valence-corrected chi connectivity index (χ1v) is 6.85. The molecule has 114 valence electrons. The first kappa shape index (κ1) is 15.6. The Balaban J connectivity index is 2.15. The van der Waals surface area contributed by atoms with Gasteiger partial charge in [0.1, 0.15) is 5.75 Å². The summed E-state index contributed by atoms with van der Waals surface area (Å²) in [5, 5.41) is 2.84. The molecule has 0 aliphatic carbocycles. The van der Waals surface area contributed by atoms with Crippen LogP contribution in [0.4, 0.5) is 5.69 Å². The molecule has 5 nitrogen and oxygen atoms in total. The molecule has 0 fully saturated rings. The minimum Gasteiger partial charge on any atom is -0.496 e. The SMILES string of the molecule is C=Cc1nccc(C(=O)NCc2ccc(C)cc2OC)c1N. The minimum atomic E-state index is -0.259. The highest BCUT2D eigenvalue weighted by Crippen LogP contribution is 2.20. The Morgan fingerprint density at radius 3 is 2.91 bits per heavy atom. The second-order valence-corrected chi connectivity index (χ2v) is 4.86. The van der Waals surface area contributed by atoms with Gasteiger partial charge in [0.15, 0.2) is 0 Å². The van der Waals surface area contributed by atoms with E-state index in [0.717, 1.165) is 16.9 Å². The predicted molar refractivity (Wildman–Crippen MR) is 87.6 cm³/mol. The van der Waals surface area contributed by atoms with E-state index < -0.39 is 0 Å². The lowest BCUT2D eigenvalue weighted by molar-refractivity contribution is 0.0951. The van der Waals surface area contributed by atoms with Gasteiger partial charge in [-0.1, -0.05) is 18.7 Å². The van der Waals surface area contributed by atoms with Crippen molar-refractivity contribution in [2.45, 2.75) is 13.5 Å². The summed E-state index contributed by atoms with van der Waals surface area (Å²) in [6, 6.07) is 7.42. The van der Waals surface area contributed by atoms with Gasteiger partial charge in [-0.3, -0.25) is 9.78 Å². The fraction of sp³-hybridized carbons (Fsp3) is 0.176. The van der Waals surface area contributed by atoms with E-state index in [-0.39, 0.29) is 5.91 Å². The number of nitrogen functional groups attached to an aromatic ring is 1. The number of nitrogens with one attached hydrogen (secondary N) is 1. The number of carbonyl (C=O) groups excluding carboxylic acids is 1. The molecular weight excluding hydrogens is 278 g/mol. The zero-order valence-corrected chi connectivity index (χ0v) is 12.7. The lowest BCUT2D eigenvalue weighted by Crippen LogP contribution is -2.24. The van der Waals surface area contributed by atoms with E-state index in [4.69, 9.17) is 10.5 Å². The second-order valence-electron chi connectivity index (χ2n) is 4.86. The average molecular weight is 297 g/mol. The zero-order valence-electron chi connectivity index (χ0n) is 12.7. The maximum Gasteiger partial charge on any atom is 0.253 e. The molecule has 0 saturated carbocycles. The molecule has 1 aromatic heterocycles. The van der Waals surface area contributed by atoms with E-state index >= 15 is 0 Å². The summed E-state index contributed by atoms with van der Waals surface area (Å²) >= 11 is 0. The Hall–Kier alpha value is -2.82. The number of benzene rings is 1. The van der Waals surface area contributed by atoms with Crippen LogP contribution in [0.25, 0.3) is 6.08 Å². The van der Waals surface area contributed by atoms with Crippen LogP contribution < -0.4 is 15.8 Å². The summed E-state index contributed by atoms with van der Waals surface area (Å²) in [7, 11) is 1.61. The number of nitrogens with zero attached hydrogens (tertiary/aromatic N) is 1. The van der Waals surface area contributed by atoms with E-state index in [1.807, 2.05) is 25.1 Å². The highest BCUT2D eigenvalue weighted by molar-refractivity contribution is 6.00. The number of ether oxygens (including phenoxy) is 1. The maximum absolute atomic E-state index is 12.3. The standard InChI is InChI=1S/C17H19N3O2/c1-4-14-16(18)13(7-8-19-14)17(21)20-10-12-6-5-11(2)9-15(12)22-3/h4-9H,1,10,18H2,2-3H3,(H,20,21). The molecule has 0 atom stereocenters. The van der Waals surface area contributed by atoms with Gasteiger partial charge in [-0.15, -0.1) is 0 Å². The molecule has 0 unspecified atom stereocenters. The van der Waals surface area contributed by atoms with Gasteiger partial charge >= 0.3 is 0 Å². The molecule has 1 heterocycles.